The minimum atomic E-state index is -2.93. The van der Waals surface area contributed by atoms with E-state index in [1.54, 1.807) is 0 Å². The van der Waals surface area contributed by atoms with Gasteiger partial charge >= 0.3 is 54.7 Å². The van der Waals surface area contributed by atoms with Crippen LogP contribution in [0.2, 0.25) is 36.3 Å². The Morgan fingerprint density at radius 1 is 0.520 bits per heavy atom. The molecule has 0 spiro atoms. The lowest BCUT2D eigenvalue weighted by atomic mass is 11.0. The monoisotopic (exact) mass is 454 g/mol. The molecule has 25 heavy (non-hydrogen) atoms. The zero-order valence-electron chi connectivity index (χ0n) is 16.1. The zero-order valence-corrected chi connectivity index (χ0v) is 22.1. The predicted octanol–water partition coefficient (Wildman–Crippen LogP) is 3.08. The highest BCUT2D eigenvalue weighted by Gasteiger charge is 2.59. The van der Waals surface area contributed by atoms with Gasteiger partial charge in [0.15, 0.2) is 0 Å². The molecule has 2 heterocycles. The maximum atomic E-state index is 6.66. The fourth-order valence-corrected chi connectivity index (χ4v) is 25.4. The van der Waals surface area contributed by atoms with Gasteiger partial charge < -0.3 is 28.8 Å². The number of fused-ring (bicyclic) bond motifs is 2. The lowest BCUT2D eigenvalue weighted by Crippen LogP contribution is -2.68. The Hall–Kier alpha value is 1.02. The molecule has 0 aromatic carbocycles. The Balaban J connectivity index is 2.41. The summed E-state index contributed by atoms with van der Waals surface area (Å²) in [5.41, 5.74) is 0. The number of hydrogen-bond donors (Lipinski definition) is 0. The lowest BCUT2D eigenvalue weighted by Gasteiger charge is -2.46. The van der Waals surface area contributed by atoms with Crippen LogP contribution in [0.5, 0.6) is 0 Å². The van der Waals surface area contributed by atoms with Crippen LogP contribution in [0.3, 0.4) is 0 Å². The average Bonchev–Trinajstić information content (AvgIpc) is 2.61. The van der Waals surface area contributed by atoms with Gasteiger partial charge in [0.2, 0.25) is 0 Å². The van der Waals surface area contributed by atoms with Crippen molar-refractivity contribution in [2.24, 2.45) is 0 Å². The van der Waals surface area contributed by atoms with Gasteiger partial charge in [-0.25, -0.2) is 0 Å². The fraction of sp³-hybridized carbons (Fsp3) is 1.00. The van der Waals surface area contributed by atoms with Crippen LogP contribution >= 0.6 is 0 Å². The molecule has 2 aliphatic rings. The van der Waals surface area contributed by atoms with Crippen molar-refractivity contribution in [1.82, 2.24) is 0 Å². The van der Waals surface area contributed by atoms with E-state index in [2.05, 4.69) is 41.5 Å². The molecule has 144 valence electrons. The van der Waals surface area contributed by atoms with Crippen molar-refractivity contribution < 1.29 is 28.8 Å². The first-order chi connectivity index (χ1) is 12.0. The molecule has 0 aromatic heterocycles. The highest BCUT2D eigenvalue weighted by atomic mass is 28.6. The minimum Gasteiger partial charge on any atom is -0.414 e. The van der Waals surface area contributed by atoms with E-state index in [0.717, 1.165) is 24.2 Å². The van der Waals surface area contributed by atoms with Crippen LogP contribution in [0, 0.1) is 0 Å². The van der Waals surface area contributed by atoms with Crippen molar-refractivity contribution in [2.45, 2.75) is 77.8 Å². The molecule has 2 aliphatic heterocycles. The molecule has 13 heteroatoms. The second-order valence-corrected chi connectivity index (χ2v) is 21.4. The van der Waals surface area contributed by atoms with E-state index in [4.69, 9.17) is 28.8 Å². The van der Waals surface area contributed by atoms with Gasteiger partial charge in [-0.3, -0.25) is 0 Å². The molecule has 0 amide bonds. The van der Waals surface area contributed by atoms with E-state index < -0.39 is 54.7 Å². The molecule has 2 fully saturated rings. The summed E-state index contributed by atoms with van der Waals surface area (Å²) >= 11 is 0. The van der Waals surface area contributed by atoms with Crippen LogP contribution in [0.4, 0.5) is 0 Å². The molecular formula is C12H30O7Si6. The second kappa shape index (κ2) is 9.99. The highest BCUT2D eigenvalue weighted by molar-refractivity contribution is 6.88. The Bertz CT molecular complexity index is 359. The van der Waals surface area contributed by atoms with E-state index in [0.29, 0.717) is 12.1 Å². The minimum absolute atomic E-state index is 0.686. The molecule has 0 aromatic rings. The van der Waals surface area contributed by atoms with Gasteiger partial charge in [0.05, 0.1) is 0 Å². The van der Waals surface area contributed by atoms with Gasteiger partial charge in [-0.15, -0.1) is 0 Å². The Morgan fingerprint density at radius 2 is 0.800 bits per heavy atom. The van der Waals surface area contributed by atoms with Gasteiger partial charge in [-0.05, 0) is 24.2 Å². The van der Waals surface area contributed by atoms with Crippen LogP contribution in [0.1, 0.15) is 41.5 Å². The summed E-state index contributed by atoms with van der Waals surface area (Å²) in [7, 11) is -11.7. The quantitative estimate of drug-likeness (QED) is 0.571. The van der Waals surface area contributed by atoms with Crippen LogP contribution in [0.25, 0.3) is 0 Å². The standard InChI is InChI=1S/C12H30O7Si6/c1-7-20-13-21(8-2)16-25(12-6)18-23(10-4)14-22(9-3)17-24(11-5,15-20)19-25/h7-12H2,1-6H3. The first kappa shape index (κ1) is 22.3. The Kier molecular flexibility index (Phi) is 8.91. The number of rotatable bonds is 6. The molecule has 7 nitrogen and oxygen atoms in total. The maximum Gasteiger partial charge on any atom is 0.475 e. The van der Waals surface area contributed by atoms with E-state index in [1.807, 2.05) is 0 Å². The molecule has 0 atom stereocenters. The smallest absolute Gasteiger partial charge is 0.414 e. The van der Waals surface area contributed by atoms with Crippen LogP contribution in [0.15, 0.2) is 0 Å². The third kappa shape index (κ3) is 5.52. The van der Waals surface area contributed by atoms with Crippen LogP contribution < -0.4 is 0 Å². The van der Waals surface area contributed by atoms with Crippen LogP contribution in [-0.4, -0.2) is 54.7 Å². The summed E-state index contributed by atoms with van der Waals surface area (Å²) in [5, 5.41) is 0. The largest absolute Gasteiger partial charge is 0.475 e. The second-order valence-electron chi connectivity index (χ2n) is 5.69. The molecule has 0 unspecified atom stereocenters. The van der Waals surface area contributed by atoms with Crippen molar-refractivity contribution >= 4 is 54.7 Å². The molecule has 0 aliphatic carbocycles. The summed E-state index contributed by atoms with van der Waals surface area (Å²) in [6.45, 7) is 12.5. The van der Waals surface area contributed by atoms with E-state index in [9.17, 15) is 0 Å². The third-order valence-electron chi connectivity index (χ3n) is 3.86. The topological polar surface area (TPSA) is 64.6 Å². The van der Waals surface area contributed by atoms with Gasteiger partial charge in [-0.2, -0.15) is 0 Å². The maximum absolute atomic E-state index is 6.66. The van der Waals surface area contributed by atoms with Gasteiger partial charge in [0.1, 0.15) is 0 Å². The van der Waals surface area contributed by atoms with Gasteiger partial charge in [-0.1, -0.05) is 41.5 Å². The first-order valence-electron chi connectivity index (χ1n) is 9.22. The van der Waals surface area contributed by atoms with E-state index in [-0.39, 0.29) is 0 Å². The molecular weight excluding hydrogens is 425 g/mol. The summed E-state index contributed by atoms with van der Waals surface area (Å²) in [6, 6.07) is 4.72. The van der Waals surface area contributed by atoms with E-state index >= 15 is 0 Å². The molecule has 2 saturated heterocycles. The summed E-state index contributed by atoms with van der Waals surface area (Å²) in [6.07, 6.45) is 0. The normalized spacial score (nSPS) is 34.3. The van der Waals surface area contributed by atoms with Crippen LogP contribution in [-0.2, 0) is 28.8 Å². The predicted molar refractivity (Wildman–Crippen MR) is 105 cm³/mol. The zero-order chi connectivity index (χ0) is 18.5. The molecule has 0 N–H and O–H groups in total. The van der Waals surface area contributed by atoms with Crippen molar-refractivity contribution in [3.05, 3.63) is 0 Å². The SMILES string of the molecule is CC[Si]1O[Si](CC)O[Si]2(CC)O[Si](CC)O[Si](CC)O[Si](CC)(O1)O2. The van der Waals surface area contributed by atoms with Crippen molar-refractivity contribution in [3.63, 3.8) is 0 Å². The molecule has 4 radical (unpaired) electrons. The van der Waals surface area contributed by atoms with Crippen molar-refractivity contribution in [1.29, 1.82) is 0 Å². The van der Waals surface area contributed by atoms with Crippen molar-refractivity contribution in [3.8, 4) is 0 Å². The molecule has 2 bridgehead atoms. The van der Waals surface area contributed by atoms with Gasteiger partial charge in [0.25, 0.3) is 0 Å². The highest BCUT2D eigenvalue weighted by Crippen LogP contribution is 2.34. The summed E-state index contributed by atoms with van der Waals surface area (Å²) in [4.78, 5) is 0. The number of hydrogen-bond acceptors (Lipinski definition) is 7. The third-order valence-corrected chi connectivity index (χ3v) is 22.7. The van der Waals surface area contributed by atoms with Gasteiger partial charge in [0, 0.05) is 12.1 Å². The Labute approximate surface area is 161 Å². The molecule has 0 saturated carbocycles. The fourth-order valence-electron chi connectivity index (χ4n) is 2.40. The summed E-state index contributed by atoms with van der Waals surface area (Å²) in [5.74, 6) is 0. The Morgan fingerprint density at radius 3 is 1.00 bits per heavy atom. The van der Waals surface area contributed by atoms with Crippen molar-refractivity contribution in [2.75, 3.05) is 0 Å². The summed E-state index contributed by atoms with van der Waals surface area (Å²) < 4.78 is 45.1. The van der Waals surface area contributed by atoms with E-state index in [1.165, 1.54) is 0 Å². The molecule has 2 rings (SSSR count). The lowest BCUT2D eigenvalue weighted by molar-refractivity contribution is 0.122. The first-order valence-corrected chi connectivity index (χ1v) is 19.2. The average molecular weight is 455 g/mol.